The van der Waals surface area contributed by atoms with Crippen molar-refractivity contribution in [2.75, 3.05) is 5.32 Å². The number of furan rings is 1. The second kappa shape index (κ2) is 5.28. The van der Waals surface area contributed by atoms with Crippen LogP contribution in [-0.4, -0.2) is 11.1 Å². The van der Waals surface area contributed by atoms with Crippen molar-refractivity contribution in [1.82, 2.24) is 5.16 Å². The summed E-state index contributed by atoms with van der Waals surface area (Å²) in [6.07, 6.45) is 1.53. The molecule has 0 spiro atoms. The van der Waals surface area contributed by atoms with Gasteiger partial charge in [-0.3, -0.25) is 4.79 Å². The Hall–Kier alpha value is -2.82. The predicted octanol–water partition coefficient (Wildman–Crippen LogP) is 3.80. The molecule has 0 aliphatic carbocycles. The number of hydrogen-bond donors (Lipinski definition) is 1. The summed E-state index contributed by atoms with van der Waals surface area (Å²) in [6.45, 7) is 3.69. The SMILES string of the molecule is Cc1ccc(NC(=O)c2c(-c3ccco3)noc2C)cc1. The van der Waals surface area contributed by atoms with Gasteiger partial charge in [-0.2, -0.15) is 0 Å². The first kappa shape index (κ1) is 13.2. The number of aromatic nitrogens is 1. The highest BCUT2D eigenvalue weighted by atomic mass is 16.5. The van der Waals surface area contributed by atoms with Crippen molar-refractivity contribution in [2.45, 2.75) is 13.8 Å². The van der Waals surface area contributed by atoms with Crippen LogP contribution in [0.15, 0.2) is 51.6 Å². The average molecular weight is 282 g/mol. The number of carbonyl (C=O) groups is 1. The number of nitrogens with zero attached hydrogens (tertiary/aromatic N) is 1. The number of amides is 1. The van der Waals surface area contributed by atoms with E-state index in [1.54, 1.807) is 19.1 Å². The molecule has 0 saturated carbocycles. The van der Waals surface area contributed by atoms with Crippen molar-refractivity contribution >= 4 is 11.6 Å². The molecule has 2 heterocycles. The first-order valence-corrected chi connectivity index (χ1v) is 6.53. The molecule has 3 aromatic rings. The van der Waals surface area contributed by atoms with Crippen LogP contribution in [0, 0.1) is 13.8 Å². The van der Waals surface area contributed by atoms with E-state index in [2.05, 4.69) is 10.5 Å². The van der Waals surface area contributed by atoms with Crippen LogP contribution in [0.25, 0.3) is 11.5 Å². The summed E-state index contributed by atoms with van der Waals surface area (Å²) in [4.78, 5) is 12.4. The van der Waals surface area contributed by atoms with Gasteiger partial charge >= 0.3 is 0 Å². The lowest BCUT2D eigenvalue weighted by Gasteiger charge is -2.05. The zero-order chi connectivity index (χ0) is 14.8. The van der Waals surface area contributed by atoms with Gasteiger partial charge in [0.2, 0.25) is 0 Å². The Morgan fingerprint density at radius 1 is 1.14 bits per heavy atom. The topological polar surface area (TPSA) is 68.3 Å². The fraction of sp³-hybridized carbons (Fsp3) is 0.125. The monoisotopic (exact) mass is 282 g/mol. The molecule has 21 heavy (non-hydrogen) atoms. The van der Waals surface area contributed by atoms with Gasteiger partial charge in [0, 0.05) is 5.69 Å². The van der Waals surface area contributed by atoms with Crippen molar-refractivity contribution in [2.24, 2.45) is 0 Å². The third-order valence-corrected chi connectivity index (χ3v) is 3.15. The maximum Gasteiger partial charge on any atom is 0.261 e. The summed E-state index contributed by atoms with van der Waals surface area (Å²) in [7, 11) is 0. The van der Waals surface area contributed by atoms with Crippen LogP contribution < -0.4 is 5.32 Å². The van der Waals surface area contributed by atoms with Crippen molar-refractivity contribution in [3.05, 3.63) is 59.5 Å². The van der Waals surface area contributed by atoms with Crippen molar-refractivity contribution < 1.29 is 13.7 Å². The highest BCUT2D eigenvalue weighted by Crippen LogP contribution is 2.26. The molecular weight excluding hydrogens is 268 g/mol. The van der Waals surface area contributed by atoms with E-state index in [0.717, 1.165) is 11.3 Å². The summed E-state index contributed by atoms with van der Waals surface area (Å²) >= 11 is 0. The number of hydrogen-bond acceptors (Lipinski definition) is 4. The highest BCUT2D eigenvalue weighted by molar-refractivity contribution is 6.08. The number of carbonyl (C=O) groups excluding carboxylic acids is 1. The molecule has 0 saturated heterocycles. The minimum Gasteiger partial charge on any atom is -0.463 e. The van der Waals surface area contributed by atoms with E-state index in [4.69, 9.17) is 8.94 Å². The molecule has 0 unspecified atom stereocenters. The first-order chi connectivity index (χ1) is 10.1. The minimum atomic E-state index is -0.274. The third-order valence-electron chi connectivity index (χ3n) is 3.15. The molecule has 1 N–H and O–H groups in total. The predicted molar refractivity (Wildman–Crippen MR) is 78.1 cm³/mol. The molecule has 0 aliphatic rings. The Bertz CT molecular complexity index is 755. The van der Waals surface area contributed by atoms with Crippen molar-refractivity contribution in [3.63, 3.8) is 0 Å². The summed E-state index contributed by atoms with van der Waals surface area (Å²) in [5.41, 5.74) is 2.63. The second-order valence-electron chi connectivity index (χ2n) is 4.76. The number of nitrogens with one attached hydrogen (secondary N) is 1. The van der Waals surface area contributed by atoms with E-state index in [1.165, 1.54) is 6.26 Å². The summed E-state index contributed by atoms with van der Waals surface area (Å²) < 4.78 is 10.4. The average Bonchev–Trinajstić information content (AvgIpc) is 3.10. The van der Waals surface area contributed by atoms with Crippen LogP contribution in [-0.2, 0) is 0 Å². The Labute approximate surface area is 121 Å². The molecular formula is C16H14N2O3. The molecule has 0 aliphatic heterocycles. The summed E-state index contributed by atoms with van der Waals surface area (Å²) in [6, 6.07) is 11.0. The summed E-state index contributed by atoms with van der Waals surface area (Å²) in [5, 5.41) is 6.74. The minimum absolute atomic E-state index is 0.274. The lowest BCUT2D eigenvalue weighted by Crippen LogP contribution is -2.13. The standard InChI is InChI=1S/C16H14N2O3/c1-10-5-7-12(8-6-10)17-16(19)14-11(2)21-18-15(14)13-4-3-9-20-13/h3-9H,1-2H3,(H,17,19). The molecule has 3 rings (SSSR count). The lowest BCUT2D eigenvalue weighted by atomic mass is 10.1. The van der Waals surface area contributed by atoms with Gasteiger partial charge in [0.1, 0.15) is 11.3 Å². The molecule has 5 nitrogen and oxygen atoms in total. The van der Waals surface area contributed by atoms with Gasteiger partial charge in [-0.05, 0) is 38.1 Å². The van der Waals surface area contributed by atoms with Crippen LogP contribution in [0.1, 0.15) is 21.7 Å². The lowest BCUT2D eigenvalue weighted by molar-refractivity contribution is 0.102. The van der Waals surface area contributed by atoms with Gasteiger partial charge in [0.15, 0.2) is 11.5 Å². The summed E-state index contributed by atoms with van der Waals surface area (Å²) in [5.74, 6) is 0.677. The molecule has 0 fully saturated rings. The fourth-order valence-electron chi connectivity index (χ4n) is 2.05. The van der Waals surface area contributed by atoms with Gasteiger partial charge < -0.3 is 14.3 Å². The van der Waals surface area contributed by atoms with Gasteiger partial charge in [-0.25, -0.2) is 0 Å². The highest BCUT2D eigenvalue weighted by Gasteiger charge is 2.23. The Balaban J connectivity index is 1.91. The maximum absolute atomic E-state index is 12.4. The van der Waals surface area contributed by atoms with E-state index < -0.39 is 0 Å². The van der Waals surface area contributed by atoms with Gasteiger partial charge in [0.05, 0.1) is 6.26 Å². The molecule has 5 heteroatoms. The zero-order valence-corrected chi connectivity index (χ0v) is 11.7. The van der Waals surface area contributed by atoms with Gasteiger partial charge in [0.25, 0.3) is 5.91 Å². The fourth-order valence-corrected chi connectivity index (χ4v) is 2.05. The third kappa shape index (κ3) is 2.58. The van der Waals surface area contributed by atoms with Crippen molar-refractivity contribution in [1.29, 1.82) is 0 Å². The number of rotatable bonds is 3. The molecule has 2 aromatic heterocycles. The van der Waals surface area contributed by atoms with E-state index >= 15 is 0 Å². The maximum atomic E-state index is 12.4. The quantitative estimate of drug-likeness (QED) is 0.793. The normalized spacial score (nSPS) is 10.6. The molecule has 0 bridgehead atoms. The second-order valence-corrected chi connectivity index (χ2v) is 4.76. The van der Waals surface area contributed by atoms with E-state index in [1.807, 2.05) is 31.2 Å². The Kier molecular flexibility index (Phi) is 3.31. The Morgan fingerprint density at radius 2 is 1.90 bits per heavy atom. The van der Waals surface area contributed by atoms with E-state index in [-0.39, 0.29) is 5.91 Å². The number of aryl methyl sites for hydroxylation is 2. The van der Waals surface area contributed by atoms with E-state index in [9.17, 15) is 4.79 Å². The van der Waals surface area contributed by atoms with Crippen LogP contribution >= 0.6 is 0 Å². The van der Waals surface area contributed by atoms with Crippen LogP contribution in [0.3, 0.4) is 0 Å². The molecule has 0 radical (unpaired) electrons. The van der Waals surface area contributed by atoms with Crippen molar-refractivity contribution in [3.8, 4) is 11.5 Å². The first-order valence-electron chi connectivity index (χ1n) is 6.53. The molecule has 1 amide bonds. The molecule has 106 valence electrons. The van der Waals surface area contributed by atoms with E-state index in [0.29, 0.717) is 22.8 Å². The largest absolute Gasteiger partial charge is 0.463 e. The Morgan fingerprint density at radius 3 is 2.57 bits per heavy atom. The van der Waals surface area contributed by atoms with Gasteiger partial charge in [-0.1, -0.05) is 22.9 Å². The molecule has 0 atom stereocenters. The smallest absolute Gasteiger partial charge is 0.261 e. The molecule has 1 aromatic carbocycles. The van der Waals surface area contributed by atoms with Crippen LogP contribution in [0.4, 0.5) is 5.69 Å². The van der Waals surface area contributed by atoms with Crippen LogP contribution in [0.5, 0.6) is 0 Å². The zero-order valence-electron chi connectivity index (χ0n) is 11.7. The number of anilines is 1. The number of benzene rings is 1. The van der Waals surface area contributed by atoms with Crippen LogP contribution in [0.2, 0.25) is 0 Å². The van der Waals surface area contributed by atoms with Gasteiger partial charge in [-0.15, -0.1) is 0 Å².